The van der Waals surface area contributed by atoms with Crippen LogP contribution in [0.1, 0.15) is 47.5 Å². The van der Waals surface area contributed by atoms with E-state index in [-0.39, 0.29) is 0 Å². The van der Waals surface area contributed by atoms with Crippen LogP contribution in [-0.2, 0) is 0 Å². The molecule has 0 aromatic carbocycles. The lowest BCUT2D eigenvalue weighted by Crippen LogP contribution is -2.49. The van der Waals surface area contributed by atoms with Crippen molar-refractivity contribution >= 4 is 8.24 Å². The first-order valence-corrected chi connectivity index (χ1v) is 10.0. The van der Waals surface area contributed by atoms with Gasteiger partial charge in [0.05, 0.1) is 0 Å². The van der Waals surface area contributed by atoms with E-state index < -0.39 is 8.24 Å². The van der Waals surface area contributed by atoms with Crippen LogP contribution in [-0.4, -0.2) is 14.8 Å². The van der Waals surface area contributed by atoms with E-state index in [0.717, 1.165) is 0 Å². The smallest absolute Gasteiger partial charge is 0.130 e. The second-order valence-corrected chi connectivity index (χ2v) is 10.4. The van der Waals surface area contributed by atoms with Crippen molar-refractivity contribution in [3.05, 3.63) is 22.3 Å². The second-order valence-electron chi connectivity index (χ2n) is 6.05. The third-order valence-electron chi connectivity index (χ3n) is 4.44. The molecule has 17 heavy (non-hydrogen) atoms. The Morgan fingerprint density at radius 2 is 1.47 bits per heavy atom. The highest BCUT2D eigenvalue weighted by Gasteiger charge is 2.38. The van der Waals surface area contributed by atoms with Gasteiger partial charge in [-0.3, -0.25) is 0 Å². The summed E-state index contributed by atoms with van der Waals surface area (Å²) in [5.74, 6) is 0. The molecule has 1 rings (SSSR count). The molecule has 1 aliphatic carbocycles. The SMILES string of the molecule is CCCCN[Si](C)(C)C1C(C)=C(C)C(C)=C1C. The summed E-state index contributed by atoms with van der Waals surface area (Å²) in [4.78, 5) is 3.87. The van der Waals surface area contributed by atoms with E-state index in [1.807, 2.05) is 0 Å². The third-order valence-corrected chi connectivity index (χ3v) is 7.91. The Bertz CT molecular complexity index is 326. The van der Waals surface area contributed by atoms with Crippen LogP contribution in [0.3, 0.4) is 0 Å². The van der Waals surface area contributed by atoms with Crippen LogP contribution in [0.4, 0.5) is 0 Å². The maximum atomic E-state index is 3.87. The molecule has 1 N–H and O–H groups in total. The first-order chi connectivity index (χ1) is 7.83. The summed E-state index contributed by atoms with van der Waals surface area (Å²) in [5, 5.41) is 0. The largest absolute Gasteiger partial charge is 0.337 e. The molecule has 0 heterocycles. The van der Waals surface area contributed by atoms with Gasteiger partial charge in [0, 0.05) is 5.54 Å². The topological polar surface area (TPSA) is 12.0 Å². The number of nitrogens with one attached hydrogen (secondary N) is 1. The van der Waals surface area contributed by atoms with Gasteiger partial charge in [-0.25, -0.2) is 0 Å². The van der Waals surface area contributed by atoms with Gasteiger partial charge in [-0.05, 0) is 51.8 Å². The monoisotopic (exact) mass is 251 g/mol. The normalized spacial score (nSPS) is 18.5. The molecule has 0 bridgehead atoms. The summed E-state index contributed by atoms with van der Waals surface area (Å²) < 4.78 is 0. The molecule has 0 aromatic heterocycles. The van der Waals surface area contributed by atoms with Gasteiger partial charge >= 0.3 is 0 Å². The van der Waals surface area contributed by atoms with Crippen LogP contribution in [0.15, 0.2) is 22.3 Å². The lowest BCUT2D eigenvalue weighted by atomic mass is 10.1. The Hall–Kier alpha value is -0.343. The number of hydrogen-bond donors (Lipinski definition) is 1. The molecule has 0 atom stereocenters. The lowest BCUT2D eigenvalue weighted by molar-refractivity contribution is 0.746. The third kappa shape index (κ3) is 2.91. The van der Waals surface area contributed by atoms with Crippen LogP contribution >= 0.6 is 0 Å². The standard InChI is InChI=1S/C15H29NSi/c1-8-9-10-16-17(6,7)15-13(4)11(2)12(3)14(15)5/h15-16H,8-10H2,1-7H3. The molecule has 0 aliphatic heterocycles. The first-order valence-electron chi connectivity index (χ1n) is 6.93. The average molecular weight is 251 g/mol. The van der Waals surface area contributed by atoms with Crippen LogP contribution in [0, 0.1) is 0 Å². The molecule has 0 fully saturated rings. The summed E-state index contributed by atoms with van der Waals surface area (Å²) in [6.45, 7) is 17.6. The molecule has 2 heteroatoms. The van der Waals surface area contributed by atoms with E-state index in [2.05, 4.69) is 52.7 Å². The van der Waals surface area contributed by atoms with E-state index in [1.165, 1.54) is 30.5 Å². The van der Waals surface area contributed by atoms with Crippen molar-refractivity contribution in [2.45, 2.75) is 66.1 Å². The van der Waals surface area contributed by atoms with Gasteiger partial charge in [-0.1, -0.05) is 37.6 Å². The minimum absolute atomic E-state index is 0.708. The summed E-state index contributed by atoms with van der Waals surface area (Å²) in [7, 11) is -1.38. The molecule has 0 saturated carbocycles. The van der Waals surface area contributed by atoms with Crippen molar-refractivity contribution in [2.24, 2.45) is 0 Å². The molecular weight excluding hydrogens is 222 g/mol. The average Bonchev–Trinajstić information content (AvgIpc) is 2.44. The molecule has 0 aromatic rings. The number of unbranched alkanes of at least 4 members (excludes halogenated alkanes) is 1. The second kappa shape index (κ2) is 5.53. The van der Waals surface area contributed by atoms with Gasteiger partial charge < -0.3 is 4.98 Å². The Labute approximate surface area is 108 Å². The van der Waals surface area contributed by atoms with Gasteiger partial charge in [0.15, 0.2) is 0 Å². The van der Waals surface area contributed by atoms with Crippen molar-refractivity contribution in [2.75, 3.05) is 6.54 Å². The maximum absolute atomic E-state index is 3.87. The summed E-state index contributed by atoms with van der Waals surface area (Å²) in [5.41, 5.74) is 7.00. The van der Waals surface area contributed by atoms with Crippen LogP contribution < -0.4 is 4.98 Å². The lowest BCUT2D eigenvalue weighted by Gasteiger charge is -2.33. The number of allylic oxidation sites excluding steroid dienone is 4. The quantitative estimate of drug-likeness (QED) is 0.554. The predicted octanol–water partition coefficient (Wildman–Crippen LogP) is 4.64. The van der Waals surface area contributed by atoms with E-state index in [9.17, 15) is 0 Å². The maximum Gasteiger partial charge on any atom is 0.130 e. The Balaban J connectivity index is 2.86. The minimum Gasteiger partial charge on any atom is -0.337 e. The Morgan fingerprint density at radius 1 is 1.00 bits per heavy atom. The molecule has 0 amide bonds. The van der Waals surface area contributed by atoms with Crippen LogP contribution in [0.5, 0.6) is 0 Å². The van der Waals surface area contributed by atoms with Crippen molar-refractivity contribution < 1.29 is 0 Å². The van der Waals surface area contributed by atoms with Gasteiger partial charge in [-0.2, -0.15) is 0 Å². The highest BCUT2D eigenvalue weighted by molar-refractivity contribution is 6.77. The van der Waals surface area contributed by atoms with Gasteiger partial charge in [-0.15, -0.1) is 0 Å². The fourth-order valence-corrected chi connectivity index (χ4v) is 6.74. The van der Waals surface area contributed by atoms with E-state index in [4.69, 9.17) is 0 Å². The van der Waals surface area contributed by atoms with Crippen LogP contribution in [0.25, 0.3) is 0 Å². The number of hydrogen-bond acceptors (Lipinski definition) is 1. The van der Waals surface area contributed by atoms with Crippen molar-refractivity contribution in [3.63, 3.8) is 0 Å². The zero-order valence-electron chi connectivity index (χ0n) is 12.7. The van der Waals surface area contributed by atoms with E-state index >= 15 is 0 Å². The highest BCUT2D eigenvalue weighted by atomic mass is 28.3. The zero-order chi connectivity index (χ0) is 13.2. The molecule has 0 spiro atoms. The number of rotatable bonds is 5. The predicted molar refractivity (Wildman–Crippen MR) is 80.9 cm³/mol. The molecular formula is C15H29NSi. The van der Waals surface area contributed by atoms with Crippen molar-refractivity contribution in [1.82, 2.24) is 4.98 Å². The van der Waals surface area contributed by atoms with Gasteiger partial charge in [0.1, 0.15) is 8.24 Å². The van der Waals surface area contributed by atoms with Gasteiger partial charge in [0.25, 0.3) is 0 Å². The Morgan fingerprint density at radius 3 is 1.88 bits per heavy atom. The summed E-state index contributed by atoms with van der Waals surface area (Å²) in [6.07, 6.45) is 2.58. The molecule has 98 valence electrons. The summed E-state index contributed by atoms with van der Waals surface area (Å²) >= 11 is 0. The highest BCUT2D eigenvalue weighted by Crippen LogP contribution is 2.45. The molecule has 0 saturated heterocycles. The minimum atomic E-state index is -1.38. The van der Waals surface area contributed by atoms with Gasteiger partial charge in [0.2, 0.25) is 0 Å². The van der Waals surface area contributed by atoms with Crippen LogP contribution in [0.2, 0.25) is 18.6 Å². The fraction of sp³-hybridized carbons (Fsp3) is 0.733. The summed E-state index contributed by atoms with van der Waals surface area (Å²) in [6, 6.07) is 0. The molecule has 1 nitrogen and oxygen atoms in total. The van der Waals surface area contributed by atoms with E-state index in [0.29, 0.717) is 5.54 Å². The molecule has 0 radical (unpaired) electrons. The molecule has 1 aliphatic rings. The Kier molecular flexibility index (Phi) is 4.79. The zero-order valence-corrected chi connectivity index (χ0v) is 13.7. The fourth-order valence-electron chi connectivity index (χ4n) is 3.12. The van der Waals surface area contributed by atoms with Crippen molar-refractivity contribution in [1.29, 1.82) is 0 Å². The molecule has 0 unspecified atom stereocenters. The van der Waals surface area contributed by atoms with E-state index in [1.54, 1.807) is 11.1 Å². The van der Waals surface area contributed by atoms with Crippen molar-refractivity contribution in [3.8, 4) is 0 Å². The first kappa shape index (κ1) is 14.7.